The highest BCUT2D eigenvalue weighted by atomic mass is 79.9. The summed E-state index contributed by atoms with van der Waals surface area (Å²) in [5, 5.41) is 2.81. The largest absolute Gasteiger partial charge is 0.345 e. The van der Waals surface area contributed by atoms with Gasteiger partial charge in [-0.05, 0) is 48.8 Å². The summed E-state index contributed by atoms with van der Waals surface area (Å²) in [4.78, 5) is 16.2. The molecule has 0 fully saturated rings. The zero-order valence-corrected chi connectivity index (χ0v) is 14.0. The van der Waals surface area contributed by atoms with E-state index in [4.69, 9.17) is 0 Å². The minimum Gasteiger partial charge on any atom is -0.345 e. The Kier molecular flexibility index (Phi) is 4.69. The van der Waals surface area contributed by atoms with Gasteiger partial charge in [0.25, 0.3) is 0 Å². The number of carbonyl (C=O) groups excluding carboxylic acids is 1. The van der Waals surface area contributed by atoms with E-state index in [2.05, 4.69) is 38.1 Å². The Labute approximate surface area is 133 Å². The predicted molar refractivity (Wildman–Crippen MR) is 86.8 cm³/mol. The van der Waals surface area contributed by atoms with E-state index < -0.39 is 0 Å². The molecule has 0 saturated carbocycles. The molecule has 2 aromatic heterocycles. The first-order valence-electron chi connectivity index (χ1n) is 6.73. The SMILES string of the molecule is CC(C)(C)C#CCNC(=O)Cc1cnc2ccc(Br)cn12. The van der Waals surface area contributed by atoms with Crippen molar-refractivity contribution in [2.75, 3.05) is 6.54 Å². The van der Waals surface area contributed by atoms with Crippen molar-refractivity contribution in [1.29, 1.82) is 0 Å². The third-order valence-corrected chi connectivity index (χ3v) is 3.19. The van der Waals surface area contributed by atoms with Crippen LogP contribution < -0.4 is 5.32 Å². The van der Waals surface area contributed by atoms with Crippen LogP contribution in [0.3, 0.4) is 0 Å². The highest BCUT2D eigenvalue weighted by Gasteiger charge is 2.08. The van der Waals surface area contributed by atoms with Gasteiger partial charge in [-0.15, -0.1) is 0 Å². The molecule has 110 valence electrons. The summed E-state index contributed by atoms with van der Waals surface area (Å²) in [7, 11) is 0. The van der Waals surface area contributed by atoms with Crippen LogP contribution in [0.4, 0.5) is 0 Å². The molecule has 2 rings (SSSR count). The van der Waals surface area contributed by atoms with Gasteiger partial charge in [0.15, 0.2) is 0 Å². The molecule has 5 heteroatoms. The standard InChI is InChI=1S/C16H18BrN3O/c1-16(2,3)7-4-8-18-15(21)9-13-10-19-14-6-5-12(17)11-20(13)14/h5-6,10-11H,8-9H2,1-3H3,(H,18,21). The minimum atomic E-state index is -0.0556. The molecule has 0 saturated heterocycles. The monoisotopic (exact) mass is 347 g/mol. The molecule has 0 aromatic carbocycles. The van der Waals surface area contributed by atoms with Gasteiger partial charge >= 0.3 is 0 Å². The number of hydrogen-bond donors (Lipinski definition) is 1. The molecule has 0 unspecified atom stereocenters. The van der Waals surface area contributed by atoms with E-state index in [1.807, 2.05) is 43.5 Å². The van der Waals surface area contributed by atoms with Crippen LogP contribution >= 0.6 is 15.9 Å². The van der Waals surface area contributed by atoms with Crippen LogP contribution in [0.2, 0.25) is 0 Å². The van der Waals surface area contributed by atoms with Crippen molar-refractivity contribution >= 4 is 27.5 Å². The van der Waals surface area contributed by atoms with Crippen molar-refractivity contribution in [2.45, 2.75) is 27.2 Å². The van der Waals surface area contributed by atoms with E-state index in [-0.39, 0.29) is 17.7 Å². The molecule has 0 bridgehead atoms. The molecule has 4 nitrogen and oxygen atoms in total. The molecule has 1 amide bonds. The van der Waals surface area contributed by atoms with Gasteiger partial charge in [0.1, 0.15) is 5.65 Å². The topological polar surface area (TPSA) is 46.4 Å². The number of rotatable bonds is 3. The molecule has 0 spiro atoms. The quantitative estimate of drug-likeness (QED) is 0.867. The number of amides is 1. The van der Waals surface area contributed by atoms with Crippen molar-refractivity contribution in [1.82, 2.24) is 14.7 Å². The summed E-state index contributed by atoms with van der Waals surface area (Å²) in [6.07, 6.45) is 3.92. The first-order valence-corrected chi connectivity index (χ1v) is 7.53. The molecule has 2 heterocycles. The zero-order chi connectivity index (χ0) is 15.5. The number of carbonyl (C=O) groups is 1. The van der Waals surface area contributed by atoms with Gasteiger partial charge < -0.3 is 9.72 Å². The van der Waals surface area contributed by atoms with Crippen LogP contribution in [0.25, 0.3) is 5.65 Å². The van der Waals surface area contributed by atoms with Gasteiger partial charge in [-0.2, -0.15) is 0 Å². The van der Waals surface area contributed by atoms with Gasteiger partial charge in [0, 0.05) is 22.3 Å². The number of nitrogens with zero attached hydrogens (tertiary/aromatic N) is 2. The fraction of sp³-hybridized carbons (Fsp3) is 0.375. The number of halogens is 1. The lowest BCUT2D eigenvalue weighted by Crippen LogP contribution is -2.26. The van der Waals surface area contributed by atoms with E-state index in [0.717, 1.165) is 15.8 Å². The summed E-state index contributed by atoms with van der Waals surface area (Å²) >= 11 is 3.42. The Morgan fingerprint density at radius 2 is 2.19 bits per heavy atom. The first kappa shape index (κ1) is 15.6. The average Bonchev–Trinajstić information content (AvgIpc) is 2.76. The van der Waals surface area contributed by atoms with E-state index >= 15 is 0 Å². The number of aromatic nitrogens is 2. The number of imidazole rings is 1. The van der Waals surface area contributed by atoms with Crippen molar-refractivity contribution < 1.29 is 4.79 Å². The van der Waals surface area contributed by atoms with Gasteiger partial charge in [0.2, 0.25) is 5.91 Å². The van der Waals surface area contributed by atoms with Crippen molar-refractivity contribution in [3.05, 3.63) is 34.7 Å². The summed E-state index contributed by atoms with van der Waals surface area (Å²) in [5.41, 5.74) is 1.64. The molecule has 2 aromatic rings. The molecular weight excluding hydrogens is 330 g/mol. The van der Waals surface area contributed by atoms with Crippen LogP contribution in [0.15, 0.2) is 29.0 Å². The molecule has 0 aliphatic heterocycles. The van der Waals surface area contributed by atoms with Crippen molar-refractivity contribution in [3.8, 4) is 11.8 Å². The second-order valence-corrected chi connectivity index (χ2v) is 6.75. The van der Waals surface area contributed by atoms with Gasteiger partial charge in [-0.1, -0.05) is 11.8 Å². The minimum absolute atomic E-state index is 0.0430. The van der Waals surface area contributed by atoms with Crippen LogP contribution in [-0.4, -0.2) is 21.8 Å². The molecule has 1 N–H and O–H groups in total. The Hall–Kier alpha value is -1.80. The summed E-state index contributed by atoms with van der Waals surface area (Å²) in [6.45, 7) is 6.49. The summed E-state index contributed by atoms with van der Waals surface area (Å²) < 4.78 is 2.86. The first-order chi connectivity index (χ1) is 9.85. The maximum Gasteiger partial charge on any atom is 0.226 e. The smallest absolute Gasteiger partial charge is 0.226 e. The van der Waals surface area contributed by atoms with Gasteiger partial charge in [-0.25, -0.2) is 4.98 Å². The third-order valence-electron chi connectivity index (χ3n) is 2.73. The lowest BCUT2D eigenvalue weighted by Gasteiger charge is -2.07. The molecule has 0 aliphatic rings. The predicted octanol–water partition coefficient (Wildman–Crippen LogP) is 2.81. The van der Waals surface area contributed by atoms with Crippen LogP contribution in [0.1, 0.15) is 26.5 Å². The van der Waals surface area contributed by atoms with Gasteiger partial charge in [0.05, 0.1) is 18.7 Å². The molecule has 0 aliphatic carbocycles. The Balaban J connectivity index is 1.98. The lowest BCUT2D eigenvalue weighted by molar-refractivity contribution is -0.120. The zero-order valence-electron chi connectivity index (χ0n) is 12.4. The highest BCUT2D eigenvalue weighted by Crippen LogP contribution is 2.14. The normalized spacial score (nSPS) is 11.0. The fourth-order valence-electron chi connectivity index (χ4n) is 1.82. The summed E-state index contributed by atoms with van der Waals surface area (Å²) in [5.74, 6) is 6.00. The second kappa shape index (κ2) is 6.31. The van der Waals surface area contributed by atoms with Crippen molar-refractivity contribution in [3.63, 3.8) is 0 Å². The number of hydrogen-bond acceptors (Lipinski definition) is 2. The average molecular weight is 348 g/mol. The van der Waals surface area contributed by atoms with E-state index in [9.17, 15) is 4.79 Å². The molecule has 0 radical (unpaired) electrons. The van der Waals surface area contributed by atoms with E-state index in [0.29, 0.717) is 6.54 Å². The lowest BCUT2D eigenvalue weighted by atomic mass is 9.98. The molecular formula is C16H18BrN3O. The fourth-order valence-corrected chi connectivity index (χ4v) is 2.15. The highest BCUT2D eigenvalue weighted by molar-refractivity contribution is 9.10. The number of fused-ring (bicyclic) bond motifs is 1. The second-order valence-electron chi connectivity index (χ2n) is 5.83. The maximum absolute atomic E-state index is 11.9. The third kappa shape index (κ3) is 4.61. The van der Waals surface area contributed by atoms with Crippen LogP contribution in [-0.2, 0) is 11.2 Å². The maximum atomic E-state index is 11.9. The number of pyridine rings is 1. The van der Waals surface area contributed by atoms with Crippen molar-refractivity contribution in [2.24, 2.45) is 5.41 Å². The van der Waals surface area contributed by atoms with E-state index in [1.165, 1.54) is 0 Å². The molecule has 0 atom stereocenters. The van der Waals surface area contributed by atoms with Crippen LogP contribution in [0, 0.1) is 17.3 Å². The Morgan fingerprint density at radius 3 is 2.90 bits per heavy atom. The Morgan fingerprint density at radius 1 is 1.43 bits per heavy atom. The number of nitrogens with one attached hydrogen (secondary N) is 1. The Bertz CT molecular complexity index is 716. The molecule has 21 heavy (non-hydrogen) atoms. The van der Waals surface area contributed by atoms with Crippen LogP contribution in [0.5, 0.6) is 0 Å². The van der Waals surface area contributed by atoms with Gasteiger partial charge in [-0.3, -0.25) is 4.79 Å². The van der Waals surface area contributed by atoms with E-state index in [1.54, 1.807) is 6.20 Å². The summed E-state index contributed by atoms with van der Waals surface area (Å²) in [6, 6.07) is 3.83.